The largest absolute Gasteiger partial charge is 0.488 e. The van der Waals surface area contributed by atoms with E-state index in [4.69, 9.17) is 9.26 Å². The molecule has 0 unspecified atom stereocenters. The summed E-state index contributed by atoms with van der Waals surface area (Å²) < 4.78 is 11.7. The Morgan fingerprint density at radius 3 is 2.68 bits per heavy atom. The van der Waals surface area contributed by atoms with Gasteiger partial charge in [0.25, 0.3) is 0 Å². The molecule has 4 rings (SSSR count). The summed E-state index contributed by atoms with van der Waals surface area (Å²) >= 11 is 0. The normalized spacial score (nSPS) is 20.9. The number of nitrogens with zero attached hydrogens (tertiary/aromatic N) is 3. The Morgan fingerprint density at radius 1 is 1.27 bits per heavy atom. The summed E-state index contributed by atoms with van der Waals surface area (Å²) in [6.07, 6.45) is 2.54. The van der Waals surface area contributed by atoms with Crippen LogP contribution in [0.15, 0.2) is 22.7 Å². The van der Waals surface area contributed by atoms with E-state index in [9.17, 15) is 14.7 Å². The lowest BCUT2D eigenvalue weighted by molar-refractivity contribution is -0.134. The van der Waals surface area contributed by atoms with Crippen molar-refractivity contribution in [2.24, 2.45) is 11.8 Å². The van der Waals surface area contributed by atoms with E-state index < -0.39 is 6.03 Å². The number of hydrogen-bond donors (Lipinski definition) is 3. The van der Waals surface area contributed by atoms with Crippen molar-refractivity contribution in [3.05, 3.63) is 35.2 Å². The van der Waals surface area contributed by atoms with Crippen molar-refractivity contribution in [2.75, 3.05) is 43.9 Å². The molecule has 2 aromatic rings. The number of carbonyl (C=O) groups excluding carboxylic acids is 2. The van der Waals surface area contributed by atoms with Crippen LogP contribution in [0.2, 0.25) is 0 Å². The number of amides is 3. The third-order valence-electron chi connectivity index (χ3n) is 7.20. The van der Waals surface area contributed by atoms with Crippen LogP contribution in [-0.4, -0.2) is 77.4 Å². The molecule has 1 fully saturated rings. The number of aliphatic hydroxyl groups is 1. The van der Waals surface area contributed by atoms with Crippen LogP contribution in [-0.2, 0) is 11.2 Å². The minimum absolute atomic E-state index is 0.0594. The Morgan fingerprint density at radius 2 is 2.03 bits per heavy atom. The highest BCUT2D eigenvalue weighted by molar-refractivity contribution is 6.00. The van der Waals surface area contributed by atoms with Crippen LogP contribution < -0.4 is 15.4 Å². The van der Waals surface area contributed by atoms with Crippen molar-refractivity contribution in [3.63, 3.8) is 0 Å². The molecule has 37 heavy (non-hydrogen) atoms. The fourth-order valence-electron chi connectivity index (χ4n) is 4.79. The van der Waals surface area contributed by atoms with Gasteiger partial charge in [-0.25, -0.2) is 4.79 Å². The predicted molar refractivity (Wildman–Crippen MR) is 141 cm³/mol. The first-order valence-electron chi connectivity index (χ1n) is 13.0. The Kier molecular flexibility index (Phi) is 8.39. The van der Waals surface area contributed by atoms with Crippen LogP contribution >= 0.6 is 0 Å². The van der Waals surface area contributed by atoms with Gasteiger partial charge in [-0.2, -0.15) is 0 Å². The summed E-state index contributed by atoms with van der Waals surface area (Å²) in [6.45, 7) is 9.61. The molecule has 202 valence electrons. The lowest BCUT2D eigenvalue weighted by Gasteiger charge is -2.34. The lowest BCUT2D eigenvalue weighted by atomic mass is 10.0. The average molecular weight is 514 g/mol. The van der Waals surface area contributed by atoms with Gasteiger partial charge in [0.15, 0.2) is 5.76 Å². The summed E-state index contributed by atoms with van der Waals surface area (Å²) in [7, 11) is 2.12. The second-order valence-corrected chi connectivity index (χ2v) is 10.7. The van der Waals surface area contributed by atoms with Crippen LogP contribution in [0.4, 0.5) is 16.2 Å². The summed E-state index contributed by atoms with van der Waals surface area (Å²) in [5.41, 5.74) is 2.35. The Hall–Kier alpha value is -3.11. The molecule has 1 aromatic carbocycles. The first kappa shape index (κ1) is 26.9. The summed E-state index contributed by atoms with van der Waals surface area (Å²) in [5, 5.41) is 19.3. The number of aliphatic hydroxyl groups excluding tert-OH is 1. The van der Waals surface area contributed by atoms with Gasteiger partial charge in [-0.05, 0) is 64.8 Å². The van der Waals surface area contributed by atoms with Crippen LogP contribution in [0.3, 0.4) is 0 Å². The first-order chi connectivity index (χ1) is 17.6. The average Bonchev–Trinajstić information content (AvgIpc) is 3.61. The maximum atomic E-state index is 13.4. The minimum atomic E-state index is -0.437. The second-order valence-electron chi connectivity index (χ2n) is 10.7. The van der Waals surface area contributed by atoms with Crippen LogP contribution in [0.5, 0.6) is 5.75 Å². The number of benzene rings is 1. The van der Waals surface area contributed by atoms with Gasteiger partial charge in [0.2, 0.25) is 5.91 Å². The Bertz CT molecular complexity index is 1100. The maximum Gasteiger partial charge on any atom is 0.323 e. The number of urea groups is 1. The molecule has 1 aliphatic heterocycles. The van der Waals surface area contributed by atoms with Crippen molar-refractivity contribution in [1.82, 2.24) is 15.0 Å². The van der Waals surface area contributed by atoms with Crippen molar-refractivity contribution in [1.29, 1.82) is 0 Å². The molecule has 2 heterocycles. The third kappa shape index (κ3) is 6.81. The SMILES string of the molecule is Cc1noc(C)c1NC(=O)Nc1ccc2c(c1)CC(=O)N([C@H](C)CO)C[C@H](C)[C@H](CN(C)CC1CC1)O2. The highest BCUT2D eigenvalue weighted by Gasteiger charge is 2.32. The van der Waals surface area contributed by atoms with E-state index in [1.165, 1.54) is 12.8 Å². The zero-order valence-corrected chi connectivity index (χ0v) is 22.4. The van der Waals surface area contributed by atoms with Crippen LogP contribution in [0, 0.1) is 25.7 Å². The maximum absolute atomic E-state index is 13.4. The quantitative estimate of drug-likeness (QED) is 0.495. The third-order valence-corrected chi connectivity index (χ3v) is 7.20. The van der Waals surface area contributed by atoms with Crippen molar-refractivity contribution < 1.29 is 24.0 Å². The van der Waals surface area contributed by atoms with Gasteiger partial charge >= 0.3 is 6.03 Å². The summed E-state index contributed by atoms with van der Waals surface area (Å²) in [4.78, 5) is 30.1. The number of likely N-dealkylation sites (N-methyl/N-ethyl adjacent to an activating group) is 1. The van der Waals surface area contributed by atoms with Gasteiger partial charge in [-0.1, -0.05) is 12.1 Å². The topological polar surface area (TPSA) is 120 Å². The van der Waals surface area contributed by atoms with Gasteiger partial charge in [-0.15, -0.1) is 0 Å². The number of fused-ring (bicyclic) bond motifs is 1. The molecule has 1 saturated carbocycles. The van der Waals surface area contributed by atoms with Gasteiger partial charge < -0.3 is 34.8 Å². The number of rotatable bonds is 8. The van der Waals surface area contributed by atoms with E-state index in [1.807, 2.05) is 13.0 Å². The molecule has 3 atom stereocenters. The molecule has 2 aliphatic rings. The molecule has 0 bridgehead atoms. The van der Waals surface area contributed by atoms with Gasteiger partial charge in [-0.3, -0.25) is 4.79 Å². The molecule has 1 aliphatic carbocycles. The molecule has 3 N–H and O–H groups in total. The first-order valence-corrected chi connectivity index (χ1v) is 13.0. The number of aryl methyl sites for hydroxylation is 2. The smallest absolute Gasteiger partial charge is 0.323 e. The molecule has 10 nitrogen and oxygen atoms in total. The molecular formula is C27H39N5O5. The fourth-order valence-corrected chi connectivity index (χ4v) is 4.79. The number of ether oxygens (including phenoxy) is 1. The number of hydrogen-bond acceptors (Lipinski definition) is 7. The molecule has 0 spiro atoms. The number of anilines is 2. The van der Waals surface area contributed by atoms with Gasteiger partial charge in [0, 0.05) is 36.8 Å². The molecule has 0 saturated heterocycles. The van der Waals surface area contributed by atoms with E-state index in [-0.39, 0.29) is 37.0 Å². The van der Waals surface area contributed by atoms with Crippen molar-refractivity contribution in [2.45, 2.75) is 59.1 Å². The number of aromatic nitrogens is 1. The van der Waals surface area contributed by atoms with Crippen molar-refractivity contribution >= 4 is 23.3 Å². The second kappa shape index (κ2) is 11.5. The number of nitrogens with one attached hydrogen (secondary N) is 2. The highest BCUT2D eigenvalue weighted by Crippen LogP contribution is 2.31. The van der Waals surface area contributed by atoms with Crippen LogP contribution in [0.25, 0.3) is 0 Å². The van der Waals surface area contributed by atoms with E-state index in [0.717, 1.165) is 19.0 Å². The van der Waals surface area contributed by atoms with E-state index >= 15 is 0 Å². The predicted octanol–water partition coefficient (Wildman–Crippen LogP) is 3.43. The molecular weight excluding hydrogens is 474 g/mol. The number of carbonyl (C=O) groups is 2. The van der Waals surface area contributed by atoms with Crippen LogP contribution in [0.1, 0.15) is 43.7 Å². The monoisotopic (exact) mass is 513 g/mol. The lowest BCUT2D eigenvalue weighted by Crippen LogP contribution is -2.47. The summed E-state index contributed by atoms with van der Waals surface area (Å²) in [6, 6.07) is 4.64. The highest BCUT2D eigenvalue weighted by atomic mass is 16.5. The van der Waals surface area contributed by atoms with Crippen molar-refractivity contribution in [3.8, 4) is 5.75 Å². The van der Waals surface area contributed by atoms with Gasteiger partial charge in [0.1, 0.15) is 23.2 Å². The summed E-state index contributed by atoms with van der Waals surface area (Å²) in [5.74, 6) is 1.90. The zero-order valence-electron chi connectivity index (χ0n) is 22.4. The van der Waals surface area contributed by atoms with E-state index in [1.54, 1.807) is 30.9 Å². The standard InChI is InChI=1S/C27H39N5O5/c1-16-12-32(17(2)15-33)25(34)11-21-10-22(28-27(35)29-26-18(3)30-37-19(26)4)8-9-23(21)36-24(16)14-31(5)13-20-6-7-20/h8-10,16-17,20,24,33H,6-7,11-15H2,1-5H3,(H2,28,29,35)/t16-,17+,24-/m0/s1. The Balaban J connectivity index is 1.56. The zero-order chi connectivity index (χ0) is 26.7. The van der Waals surface area contributed by atoms with Gasteiger partial charge in [0.05, 0.1) is 19.1 Å². The minimum Gasteiger partial charge on any atom is -0.488 e. The molecule has 10 heteroatoms. The molecule has 1 aromatic heterocycles. The van der Waals surface area contributed by atoms with E-state index in [2.05, 4.69) is 34.7 Å². The fraction of sp³-hybridized carbons (Fsp3) is 0.593. The molecule has 3 amide bonds. The molecule has 0 radical (unpaired) electrons. The Labute approximate surface area is 218 Å². The van der Waals surface area contributed by atoms with E-state index in [0.29, 0.717) is 40.7 Å².